The van der Waals surface area contributed by atoms with Crippen LogP contribution in [0.25, 0.3) is 0 Å². The van der Waals surface area contributed by atoms with Crippen molar-refractivity contribution in [1.82, 2.24) is 0 Å². The van der Waals surface area contributed by atoms with E-state index in [1.165, 1.54) is 11.1 Å². The molecule has 0 atom stereocenters. The van der Waals surface area contributed by atoms with E-state index in [0.717, 1.165) is 31.2 Å². The highest BCUT2D eigenvalue weighted by molar-refractivity contribution is 9.11. The van der Waals surface area contributed by atoms with E-state index in [0.29, 0.717) is 20.6 Å². The van der Waals surface area contributed by atoms with E-state index in [1.807, 2.05) is 0 Å². The number of nitrogens with zero attached hydrogens (tertiary/aromatic N) is 2. The number of aryl methyl sites for hydroxylation is 1. The predicted molar refractivity (Wildman–Crippen MR) is 98.1 cm³/mol. The van der Waals surface area contributed by atoms with Crippen LogP contribution in [0.3, 0.4) is 0 Å². The number of phenols is 2. The second-order valence-electron chi connectivity index (χ2n) is 5.22. The molecule has 0 bridgehead atoms. The molecule has 0 saturated carbocycles. The smallest absolute Gasteiger partial charge is 0.147 e. The van der Waals surface area contributed by atoms with Crippen LogP contribution in [0, 0.1) is 11.3 Å². The number of thiophene rings is 1. The van der Waals surface area contributed by atoms with Gasteiger partial charge in [-0.25, -0.2) is 4.99 Å². The lowest BCUT2D eigenvalue weighted by Gasteiger charge is -2.09. The molecule has 1 aromatic carbocycles. The maximum Gasteiger partial charge on any atom is 0.147 e. The zero-order valence-corrected chi connectivity index (χ0v) is 15.9. The second kappa shape index (κ2) is 6.63. The van der Waals surface area contributed by atoms with Crippen LogP contribution < -0.4 is 0 Å². The predicted octanol–water partition coefficient (Wildman–Crippen LogP) is 5.19. The number of aromatic hydroxyl groups is 2. The molecule has 3 rings (SSSR count). The van der Waals surface area contributed by atoms with E-state index in [2.05, 4.69) is 42.9 Å². The number of hydrogen-bond donors (Lipinski definition) is 2. The zero-order valence-electron chi connectivity index (χ0n) is 11.9. The first-order valence-corrected chi connectivity index (χ1v) is 9.41. The van der Waals surface area contributed by atoms with Gasteiger partial charge in [-0.2, -0.15) is 5.26 Å². The number of aliphatic imine (C=N–C) groups is 1. The van der Waals surface area contributed by atoms with Crippen molar-refractivity contribution in [2.45, 2.75) is 25.7 Å². The van der Waals surface area contributed by atoms with Gasteiger partial charge in [0.05, 0.1) is 10.0 Å². The Hall–Kier alpha value is -1.36. The van der Waals surface area contributed by atoms with Crippen molar-refractivity contribution in [3.8, 4) is 17.6 Å². The Kier molecular flexibility index (Phi) is 4.76. The number of benzene rings is 1. The SMILES string of the molecule is N#Cc1c(N=Cc2cc(Br)c(O)c(Br)c2O)sc2c1CCCC2. The normalized spacial score (nSPS) is 14.0. The average molecular weight is 456 g/mol. The van der Waals surface area contributed by atoms with Crippen molar-refractivity contribution in [3.63, 3.8) is 0 Å². The van der Waals surface area contributed by atoms with Crippen LogP contribution in [-0.4, -0.2) is 16.4 Å². The Bertz CT molecular complexity index is 853. The van der Waals surface area contributed by atoms with Gasteiger partial charge in [0.15, 0.2) is 0 Å². The van der Waals surface area contributed by atoms with Crippen LogP contribution in [-0.2, 0) is 12.8 Å². The van der Waals surface area contributed by atoms with E-state index in [9.17, 15) is 15.5 Å². The Labute approximate surface area is 154 Å². The van der Waals surface area contributed by atoms with Crippen LogP contribution >= 0.6 is 43.2 Å². The van der Waals surface area contributed by atoms with Crippen LogP contribution in [0.15, 0.2) is 20.0 Å². The van der Waals surface area contributed by atoms with E-state index in [1.54, 1.807) is 17.4 Å². The first-order chi connectivity index (χ1) is 11.0. The number of hydrogen-bond acceptors (Lipinski definition) is 5. The van der Waals surface area contributed by atoms with Crippen LogP contribution in [0.4, 0.5) is 5.00 Å². The van der Waals surface area contributed by atoms with Crippen molar-refractivity contribution >= 4 is 54.4 Å². The number of rotatable bonds is 2. The highest BCUT2D eigenvalue weighted by Gasteiger charge is 2.20. The van der Waals surface area contributed by atoms with Crippen molar-refractivity contribution in [2.75, 3.05) is 0 Å². The van der Waals surface area contributed by atoms with Gasteiger partial charge in [0.2, 0.25) is 0 Å². The standard InChI is InChI=1S/C16H12Br2N2O2S/c17-11-5-8(14(21)13(18)15(11)22)7-20-16-10(6-19)9-3-1-2-4-12(9)23-16/h5,7,21-22H,1-4H2. The third-order valence-corrected chi connectivity index (χ3v) is 6.34. The number of nitriles is 1. The molecule has 0 amide bonds. The van der Waals surface area contributed by atoms with Crippen molar-refractivity contribution < 1.29 is 10.2 Å². The Morgan fingerprint density at radius 3 is 2.70 bits per heavy atom. The summed E-state index contributed by atoms with van der Waals surface area (Å²) in [6, 6.07) is 3.84. The van der Waals surface area contributed by atoms with Gasteiger partial charge in [-0.05, 0) is 69.2 Å². The largest absolute Gasteiger partial charge is 0.506 e. The summed E-state index contributed by atoms with van der Waals surface area (Å²) in [5.74, 6) is -0.154. The Balaban J connectivity index is 2.02. The number of phenolic OH excluding ortho intramolecular Hbond substituents is 2. The molecule has 0 unspecified atom stereocenters. The van der Waals surface area contributed by atoms with Crippen molar-refractivity contribution in [2.24, 2.45) is 4.99 Å². The molecule has 1 aliphatic rings. The lowest BCUT2D eigenvalue weighted by atomic mass is 9.96. The monoisotopic (exact) mass is 454 g/mol. The summed E-state index contributed by atoms with van der Waals surface area (Å²) in [6.45, 7) is 0. The minimum Gasteiger partial charge on any atom is -0.506 e. The highest BCUT2D eigenvalue weighted by atomic mass is 79.9. The van der Waals surface area contributed by atoms with E-state index < -0.39 is 0 Å². The topological polar surface area (TPSA) is 76.6 Å². The van der Waals surface area contributed by atoms with E-state index in [-0.39, 0.29) is 16.0 Å². The molecule has 0 aliphatic heterocycles. The van der Waals surface area contributed by atoms with Crippen molar-refractivity contribution in [1.29, 1.82) is 5.26 Å². The summed E-state index contributed by atoms with van der Waals surface area (Å²) in [5.41, 5.74) is 2.24. The summed E-state index contributed by atoms with van der Waals surface area (Å²) < 4.78 is 0.661. The quantitative estimate of drug-likeness (QED) is 0.612. The fourth-order valence-corrected chi connectivity index (χ4v) is 4.94. The van der Waals surface area contributed by atoms with Gasteiger partial charge in [-0.3, -0.25) is 0 Å². The molecule has 118 valence electrons. The van der Waals surface area contributed by atoms with Crippen LogP contribution in [0.2, 0.25) is 0 Å². The molecule has 0 saturated heterocycles. The third-order valence-electron chi connectivity index (χ3n) is 3.78. The van der Waals surface area contributed by atoms with Gasteiger partial charge in [-0.15, -0.1) is 11.3 Å². The van der Waals surface area contributed by atoms with Gasteiger partial charge in [-0.1, -0.05) is 0 Å². The Morgan fingerprint density at radius 2 is 1.96 bits per heavy atom. The molecule has 2 aromatic rings. The highest BCUT2D eigenvalue weighted by Crippen LogP contribution is 2.42. The summed E-state index contributed by atoms with van der Waals surface area (Å²) >= 11 is 7.92. The maximum atomic E-state index is 10.1. The second-order valence-corrected chi connectivity index (χ2v) is 7.95. The average Bonchev–Trinajstić information content (AvgIpc) is 2.92. The molecule has 0 fully saturated rings. The zero-order chi connectivity index (χ0) is 16.6. The fraction of sp³-hybridized carbons (Fsp3) is 0.250. The van der Waals surface area contributed by atoms with Gasteiger partial charge in [0, 0.05) is 16.7 Å². The summed E-state index contributed by atoms with van der Waals surface area (Å²) in [7, 11) is 0. The molecule has 0 spiro atoms. The first-order valence-electron chi connectivity index (χ1n) is 7.01. The molecular formula is C16H12Br2N2O2S. The number of halogens is 2. The van der Waals surface area contributed by atoms with E-state index in [4.69, 9.17) is 0 Å². The molecule has 1 heterocycles. The minimum absolute atomic E-state index is 0.0658. The van der Waals surface area contributed by atoms with Gasteiger partial charge in [0.1, 0.15) is 27.0 Å². The molecule has 0 radical (unpaired) electrons. The lowest BCUT2D eigenvalue weighted by Crippen LogP contribution is -1.99. The third kappa shape index (κ3) is 3.03. The van der Waals surface area contributed by atoms with Crippen molar-refractivity contribution in [3.05, 3.63) is 36.6 Å². The molecule has 2 N–H and O–H groups in total. The summed E-state index contributed by atoms with van der Waals surface area (Å²) in [6.07, 6.45) is 5.72. The maximum absolute atomic E-state index is 10.1. The molecule has 4 nitrogen and oxygen atoms in total. The lowest BCUT2D eigenvalue weighted by molar-refractivity contribution is 0.442. The molecule has 23 heavy (non-hydrogen) atoms. The fourth-order valence-electron chi connectivity index (χ4n) is 2.60. The minimum atomic E-state index is -0.0886. The van der Waals surface area contributed by atoms with Gasteiger partial charge in [0.25, 0.3) is 0 Å². The molecule has 7 heteroatoms. The molecular weight excluding hydrogens is 444 g/mol. The number of fused-ring (bicyclic) bond motifs is 1. The first kappa shape index (κ1) is 16.5. The summed E-state index contributed by atoms with van der Waals surface area (Å²) in [4.78, 5) is 5.66. The van der Waals surface area contributed by atoms with Crippen LogP contribution in [0.5, 0.6) is 11.5 Å². The summed E-state index contributed by atoms with van der Waals surface area (Å²) in [5, 5.41) is 29.9. The van der Waals surface area contributed by atoms with Gasteiger partial charge >= 0.3 is 0 Å². The van der Waals surface area contributed by atoms with Crippen LogP contribution in [0.1, 0.15) is 34.4 Å². The molecule has 1 aliphatic carbocycles. The van der Waals surface area contributed by atoms with E-state index >= 15 is 0 Å². The molecule has 1 aromatic heterocycles. The van der Waals surface area contributed by atoms with Gasteiger partial charge < -0.3 is 10.2 Å². The Morgan fingerprint density at radius 1 is 1.22 bits per heavy atom.